The van der Waals surface area contributed by atoms with E-state index in [0.717, 1.165) is 18.8 Å². The standard InChI is InChI=1S/C21H32/c1-5-10-19-12-9-14-21(18(4)17(3)15-19)20-13-8-6-7-11-16(20)2/h7-9,11-13,16-17,19-20H,5-6,10,14-15H2,1-4H3. The number of hydrogen-bond acceptors (Lipinski definition) is 0. The molecule has 0 bridgehead atoms. The van der Waals surface area contributed by atoms with Crippen LogP contribution >= 0.6 is 0 Å². The summed E-state index contributed by atoms with van der Waals surface area (Å²) in [5, 5.41) is 0. The first-order valence-electron chi connectivity index (χ1n) is 8.83. The van der Waals surface area contributed by atoms with Crippen LogP contribution in [0, 0.1) is 23.7 Å². The molecule has 0 heteroatoms. The molecule has 2 aliphatic rings. The van der Waals surface area contributed by atoms with Crippen LogP contribution in [0.2, 0.25) is 0 Å². The summed E-state index contributed by atoms with van der Waals surface area (Å²) in [6.45, 7) is 9.48. The second-order valence-electron chi connectivity index (χ2n) is 7.00. The molecule has 0 heterocycles. The van der Waals surface area contributed by atoms with Gasteiger partial charge in [0.2, 0.25) is 0 Å². The SMILES string of the molecule is CCCC1C=CCC(C2C=CCC=CC2C)=C(C)C(C)C1. The molecule has 0 fully saturated rings. The van der Waals surface area contributed by atoms with E-state index in [0.29, 0.717) is 17.8 Å². The molecule has 0 nitrogen and oxygen atoms in total. The Labute approximate surface area is 131 Å². The Morgan fingerprint density at radius 1 is 1.05 bits per heavy atom. The molecule has 116 valence electrons. The Kier molecular flexibility index (Phi) is 6.08. The molecule has 2 rings (SSSR count). The van der Waals surface area contributed by atoms with Gasteiger partial charge in [-0.2, -0.15) is 0 Å². The van der Waals surface area contributed by atoms with Gasteiger partial charge >= 0.3 is 0 Å². The average molecular weight is 284 g/mol. The smallest absolute Gasteiger partial charge is 0.00428 e. The monoisotopic (exact) mass is 284 g/mol. The minimum Gasteiger partial charge on any atom is -0.0851 e. The van der Waals surface area contributed by atoms with E-state index in [2.05, 4.69) is 64.2 Å². The maximum absolute atomic E-state index is 2.49. The highest BCUT2D eigenvalue weighted by molar-refractivity contribution is 5.28. The van der Waals surface area contributed by atoms with Crippen molar-refractivity contribution in [3.05, 3.63) is 47.6 Å². The third-order valence-electron chi connectivity index (χ3n) is 5.33. The van der Waals surface area contributed by atoms with E-state index in [1.807, 2.05) is 0 Å². The van der Waals surface area contributed by atoms with E-state index in [9.17, 15) is 0 Å². The molecule has 0 aromatic carbocycles. The molecule has 0 saturated carbocycles. The first-order valence-corrected chi connectivity index (χ1v) is 8.83. The second kappa shape index (κ2) is 7.82. The summed E-state index contributed by atoms with van der Waals surface area (Å²) in [5.41, 5.74) is 3.32. The van der Waals surface area contributed by atoms with Crippen molar-refractivity contribution >= 4 is 0 Å². The summed E-state index contributed by atoms with van der Waals surface area (Å²) >= 11 is 0. The Morgan fingerprint density at radius 2 is 1.81 bits per heavy atom. The van der Waals surface area contributed by atoms with Crippen molar-refractivity contribution in [3.8, 4) is 0 Å². The Morgan fingerprint density at radius 3 is 2.57 bits per heavy atom. The summed E-state index contributed by atoms with van der Waals surface area (Å²) in [4.78, 5) is 0. The van der Waals surface area contributed by atoms with Gasteiger partial charge in [0.1, 0.15) is 0 Å². The lowest BCUT2D eigenvalue weighted by molar-refractivity contribution is 0.446. The topological polar surface area (TPSA) is 0 Å². The van der Waals surface area contributed by atoms with E-state index in [4.69, 9.17) is 0 Å². The van der Waals surface area contributed by atoms with Gasteiger partial charge in [0, 0.05) is 5.92 Å². The molecule has 0 aliphatic heterocycles. The highest BCUT2D eigenvalue weighted by Gasteiger charge is 2.23. The minimum absolute atomic E-state index is 0.596. The predicted octanol–water partition coefficient (Wildman–Crippen LogP) is 6.47. The fourth-order valence-electron chi connectivity index (χ4n) is 3.88. The van der Waals surface area contributed by atoms with Crippen LogP contribution < -0.4 is 0 Å². The molecule has 0 N–H and O–H groups in total. The Balaban J connectivity index is 2.24. The number of rotatable bonds is 3. The number of hydrogen-bond donors (Lipinski definition) is 0. The third-order valence-corrected chi connectivity index (χ3v) is 5.33. The molecule has 0 spiro atoms. The Bertz CT molecular complexity index is 447. The van der Waals surface area contributed by atoms with Crippen LogP contribution in [-0.2, 0) is 0 Å². The second-order valence-corrected chi connectivity index (χ2v) is 7.00. The van der Waals surface area contributed by atoms with Gasteiger partial charge in [0.25, 0.3) is 0 Å². The van der Waals surface area contributed by atoms with Gasteiger partial charge in [-0.15, -0.1) is 0 Å². The molecule has 2 aliphatic carbocycles. The minimum atomic E-state index is 0.596. The third kappa shape index (κ3) is 4.22. The zero-order chi connectivity index (χ0) is 15.2. The van der Waals surface area contributed by atoms with Crippen molar-refractivity contribution in [1.29, 1.82) is 0 Å². The summed E-state index contributed by atoms with van der Waals surface area (Å²) < 4.78 is 0. The van der Waals surface area contributed by atoms with Gasteiger partial charge in [-0.05, 0) is 50.4 Å². The summed E-state index contributed by atoms with van der Waals surface area (Å²) in [7, 11) is 0. The highest BCUT2D eigenvalue weighted by Crippen LogP contribution is 2.36. The van der Waals surface area contributed by atoms with Crippen molar-refractivity contribution in [2.45, 2.75) is 59.8 Å². The van der Waals surface area contributed by atoms with Crippen molar-refractivity contribution < 1.29 is 0 Å². The normalized spacial score (nSPS) is 33.7. The van der Waals surface area contributed by atoms with Gasteiger partial charge in [-0.1, -0.05) is 74.8 Å². The van der Waals surface area contributed by atoms with Crippen LogP contribution in [0.4, 0.5) is 0 Å². The maximum atomic E-state index is 2.49. The van der Waals surface area contributed by atoms with E-state index in [1.54, 1.807) is 11.1 Å². The molecular formula is C21H32. The van der Waals surface area contributed by atoms with Crippen LogP contribution in [0.5, 0.6) is 0 Å². The van der Waals surface area contributed by atoms with Crippen LogP contribution in [0.25, 0.3) is 0 Å². The quantitative estimate of drug-likeness (QED) is 0.521. The fourth-order valence-corrected chi connectivity index (χ4v) is 3.88. The lowest BCUT2D eigenvalue weighted by Gasteiger charge is -2.29. The maximum Gasteiger partial charge on any atom is 0.00428 e. The van der Waals surface area contributed by atoms with E-state index >= 15 is 0 Å². The largest absolute Gasteiger partial charge is 0.0851 e. The fraction of sp³-hybridized carbons (Fsp3) is 0.619. The van der Waals surface area contributed by atoms with Gasteiger partial charge in [0.15, 0.2) is 0 Å². The lowest BCUT2D eigenvalue weighted by Crippen LogP contribution is -2.16. The van der Waals surface area contributed by atoms with E-state index in [-0.39, 0.29) is 0 Å². The van der Waals surface area contributed by atoms with Crippen LogP contribution in [0.15, 0.2) is 47.6 Å². The summed E-state index contributed by atoms with van der Waals surface area (Å²) in [6, 6.07) is 0. The van der Waals surface area contributed by atoms with Crippen molar-refractivity contribution in [2.75, 3.05) is 0 Å². The molecule has 4 atom stereocenters. The first kappa shape index (κ1) is 16.3. The van der Waals surface area contributed by atoms with Crippen molar-refractivity contribution in [1.82, 2.24) is 0 Å². The summed E-state index contributed by atoms with van der Waals surface area (Å²) in [6.07, 6.45) is 20.6. The van der Waals surface area contributed by atoms with Crippen molar-refractivity contribution in [2.24, 2.45) is 23.7 Å². The number of allylic oxidation sites excluding steroid dienone is 8. The van der Waals surface area contributed by atoms with Gasteiger partial charge < -0.3 is 0 Å². The predicted molar refractivity (Wildman–Crippen MR) is 94.2 cm³/mol. The molecule has 0 amide bonds. The zero-order valence-electron chi connectivity index (χ0n) is 14.3. The molecule has 0 aromatic rings. The summed E-state index contributed by atoms with van der Waals surface area (Å²) in [5.74, 6) is 2.72. The van der Waals surface area contributed by atoms with Crippen LogP contribution in [-0.4, -0.2) is 0 Å². The molecule has 0 saturated heterocycles. The van der Waals surface area contributed by atoms with Crippen LogP contribution in [0.3, 0.4) is 0 Å². The van der Waals surface area contributed by atoms with Crippen molar-refractivity contribution in [3.63, 3.8) is 0 Å². The van der Waals surface area contributed by atoms with Gasteiger partial charge in [-0.25, -0.2) is 0 Å². The molecule has 0 aromatic heterocycles. The van der Waals surface area contributed by atoms with E-state index < -0.39 is 0 Å². The highest BCUT2D eigenvalue weighted by atomic mass is 14.3. The first-order chi connectivity index (χ1) is 10.1. The van der Waals surface area contributed by atoms with Gasteiger partial charge in [-0.3, -0.25) is 0 Å². The molecule has 4 unspecified atom stereocenters. The molecular weight excluding hydrogens is 252 g/mol. The lowest BCUT2D eigenvalue weighted by atomic mass is 9.76. The average Bonchev–Trinajstić information content (AvgIpc) is 2.66. The Hall–Kier alpha value is -1.04. The van der Waals surface area contributed by atoms with E-state index in [1.165, 1.54) is 19.3 Å². The van der Waals surface area contributed by atoms with Crippen LogP contribution in [0.1, 0.15) is 59.8 Å². The van der Waals surface area contributed by atoms with Gasteiger partial charge in [0.05, 0.1) is 0 Å². The molecule has 0 radical (unpaired) electrons. The zero-order valence-corrected chi connectivity index (χ0v) is 14.3. The molecule has 21 heavy (non-hydrogen) atoms.